The molecule has 1 fully saturated rings. The van der Waals surface area contributed by atoms with Crippen LogP contribution in [0.3, 0.4) is 0 Å². The van der Waals surface area contributed by atoms with Gasteiger partial charge in [0.05, 0.1) is 6.61 Å². The van der Waals surface area contributed by atoms with Gasteiger partial charge < -0.3 is 5.11 Å². The summed E-state index contributed by atoms with van der Waals surface area (Å²) in [5, 5.41) is 10.2. The molecule has 1 N–H and O–H groups in total. The van der Waals surface area contributed by atoms with Crippen LogP contribution in [0.25, 0.3) is 0 Å². The number of aliphatic hydroxyl groups excluding tert-OH is 1. The van der Waals surface area contributed by atoms with E-state index in [2.05, 4.69) is 26.0 Å². The molecule has 1 aromatic rings. The number of aliphatic hydroxyl groups is 1. The Hall–Kier alpha value is -0.530. The lowest BCUT2D eigenvalue weighted by molar-refractivity contribution is 0.255. The Morgan fingerprint density at radius 2 is 2.07 bits per heavy atom. The molecule has 0 aliphatic heterocycles. The highest BCUT2D eigenvalue weighted by atomic mass is 35.5. The third-order valence-electron chi connectivity index (χ3n) is 3.39. The first kappa shape index (κ1) is 11.0. The van der Waals surface area contributed by atoms with Gasteiger partial charge in [0, 0.05) is 10.4 Å². The molecule has 1 saturated carbocycles. The SMILES string of the molecule is CC(C)c1ccc(C2(CO)CC2)cc1Cl. The zero-order valence-corrected chi connectivity index (χ0v) is 10.0. The zero-order valence-electron chi connectivity index (χ0n) is 9.26. The molecule has 1 aromatic carbocycles. The van der Waals surface area contributed by atoms with Gasteiger partial charge in [0.15, 0.2) is 0 Å². The van der Waals surface area contributed by atoms with Gasteiger partial charge in [-0.05, 0) is 36.0 Å². The quantitative estimate of drug-likeness (QED) is 0.834. The molecule has 1 nitrogen and oxygen atoms in total. The minimum atomic E-state index is 0.0269. The number of hydrogen-bond acceptors (Lipinski definition) is 1. The molecule has 0 atom stereocenters. The summed E-state index contributed by atoms with van der Waals surface area (Å²) in [5.41, 5.74) is 2.41. The molecule has 1 aliphatic rings. The minimum absolute atomic E-state index is 0.0269. The fourth-order valence-corrected chi connectivity index (χ4v) is 2.41. The van der Waals surface area contributed by atoms with Gasteiger partial charge in [-0.1, -0.05) is 37.6 Å². The van der Waals surface area contributed by atoms with Crippen LogP contribution in [0.4, 0.5) is 0 Å². The smallest absolute Gasteiger partial charge is 0.0527 e. The first-order valence-corrected chi connectivity index (χ1v) is 5.88. The van der Waals surface area contributed by atoms with Crippen LogP contribution in [0.1, 0.15) is 43.7 Å². The van der Waals surface area contributed by atoms with Gasteiger partial charge in [0.1, 0.15) is 0 Å². The van der Waals surface area contributed by atoms with E-state index < -0.39 is 0 Å². The van der Waals surface area contributed by atoms with Crippen LogP contribution in [0.15, 0.2) is 18.2 Å². The van der Waals surface area contributed by atoms with E-state index in [0.29, 0.717) is 5.92 Å². The highest BCUT2D eigenvalue weighted by Gasteiger charge is 2.43. The fourth-order valence-electron chi connectivity index (χ4n) is 2.01. The second-order valence-corrected chi connectivity index (χ2v) is 5.24. The molecular weight excluding hydrogens is 208 g/mol. The van der Waals surface area contributed by atoms with Gasteiger partial charge in [0.25, 0.3) is 0 Å². The third kappa shape index (κ3) is 1.91. The van der Waals surface area contributed by atoms with Crippen LogP contribution in [0.5, 0.6) is 0 Å². The molecule has 2 heteroatoms. The van der Waals surface area contributed by atoms with Gasteiger partial charge >= 0.3 is 0 Å². The lowest BCUT2D eigenvalue weighted by Crippen LogP contribution is -2.11. The summed E-state index contributed by atoms with van der Waals surface area (Å²) in [4.78, 5) is 0. The van der Waals surface area contributed by atoms with Crippen LogP contribution in [-0.4, -0.2) is 11.7 Å². The predicted molar refractivity (Wildman–Crippen MR) is 63.5 cm³/mol. The highest BCUT2D eigenvalue weighted by Crippen LogP contribution is 2.48. The summed E-state index contributed by atoms with van der Waals surface area (Å²) in [6.07, 6.45) is 2.17. The number of rotatable bonds is 3. The van der Waals surface area contributed by atoms with E-state index in [1.54, 1.807) is 0 Å². The highest BCUT2D eigenvalue weighted by molar-refractivity contribution is 6.31. The molecule has 0 radical (unpaired) electrons. The largest absolute Gasteiger partial charge is 0.395 e. The predicted octanol–water partition coefficient (Wildman–Crippen LogP) is 3.49. The molecule has 0 heterocycles. The Morgan fingerprint density at radius 1 is 1.40 bits per heavy atom. The second-order valence-electron chi connectivity index (χ2n) is 4.83. The lowest BCUT2D eigenvalue weighted by atomic mass is 9.93. The van der Waals surface area contributed by atoms with Gasteiger partial charge in [0.2, 0.25) is 0 Å². The monoisotopic (exact) mass is 224 g/mol. The van der Waals surface area contributed by atoms with Gasteiger partial charge in [-0.2, -0.15) is 0 Å². The molecule has 0 amide bonds. The maximum Gasteiger partial charge on any atom is 0.0527 e. The van der Waals surface area contributed by atoms with Gasteiger partial charge in [-0.15, -0.1) is 0 Å². The summed E-state index contributed by atoms with van der Waals surface area (Å²) < 4.78 is 0. The number of halogens is 1. The zero-order chi connectivity index (χ0) is 11.1. The minimum Gasteiger partial charge on any atom is -0.395 e. The van der Waals surface area contributed by atoms with E-state index in [4.69, 9.17) is 11.6 Å². The van der Waals surface area contributed by atoms with Crippen molar-refractivity contribution in [1.82, 2.24) is 0 Å². The van der Waals surface area contributed by atoms with Crippen molar-refractivity contribution in [3.8, 4) is 0 Å². The van der Waals surface area contributed by atoms with Crippen molar-refractivity contribution in [2.24, 2.45) is 0 Å². The molecule has 0 unspecified atom stereocenters. The van der Waals surface area contributed by atoms with Crippen LogP contribution < -0.4 is 0 Å². The Bertz CT molecular complexity index is 367. The van der Waals surface area contributed by atoms with Gasteiger partial charge in [-0.25, -0.2) is 0 Å². The normalized spacial score (nSPS) is 18.2. The number of benzene rings is 1. The van der Waals surface area contributed by atoms with Crippen LogP contribution in [0.2, 0.25) is 5.02 Å². The third-order valence-corrected chi connectivity index (χ3v) is 3.72. The standard InChI is InChI=1S/C13H17ClO/c1-9(2)11-4-3-10(7-12(11)14)13(8-15)5-6-13/h3-4,7,9,15H,5-6,8H2,1-2H3. The van der Waals surface area contributed by atoms with E-state index in [-0.39, 0.29) is 12.0 Å². The summed E-state index contributed by atoms with van der Waals surface area (Å²) in [5.74, 6) is 0.454. The van der Waals surface area contributed by atoms with Crippen LogP contribution >= 0.6 is 11.6 Å². The van der Waals surface area contributed by atoms with Crippen molar-refractivity contribution in [3.05, 3.63) is 34.3 Å². The van der Waals surface area contributed by atoms with Crippen LogP contribution in [-0.2, 0) is 5.41 Å². The molecule has 1 aliphatic carbocycles. The topological polar surface area (TPSA) is 20.2 Å². The average Bonchev–Trinajstić information content (AvgIpc) is 2.97. The Labute approximate surface area is 96.1 Å². The number of hydrogen-bond donors (Lipinski definition) is 1. The van der Waals surface area contributed by atoms with E-state index in [1.165, 1.54) is 11.1 Å². The van der Waals surface area contributed by atoms with E-state index in [0.717, 1.165) is 17.9 Å². The molecule has 0 bridgehead atoms. The van der Waals surface area contributed by atoms with E-state index in [9.17, 15) is 5.11 Å². The van der Waals surface area contributed by atoms with Crippen molar-refractivity contribution in [2.45, 2.75) is 38.0 Å². The van der Waals surface area contributed by atoms with Crippen molar-refractivity contribution >= 4 is 11.6 Å². The van der Waals surface area contributed by atoms with E-state index >= 15 is 0 Å². The lowest BCUT2D eigenvalue weighted by Gasteiger charge is -2.15. The first-order valence-electron chi connectivity index (χ1n) is 5.50. The molecule has 2 rings (SSSR count). The molecule has 82 valence electrons. The van der Waals surface area contributed by atoms with Crippen molar-refractivity contribution < 1.29 is 5.11 Å². The Morgan fingerprint density at radius 3 is 2.47 bits per heavy atom. The summed E-state index contributed by atoms with van der Waals surface area (Å²) in [6, 6.07) is 6.24. The van der Waals surface area contributed by atoms with Gasteiger partial charge in [-0.3, -0.25) is 0 Å². The Balaban J connectivity index is 2.34. The summed E-state index contributed by atoms with van der Waals surface area (Å²) in [6.45, 7) is 4.52. The second kappa shape index (κ2) is 3.80. The van der Waals surface area contributed by atoms with Crippen molar-refractivity contribution in [3.63, 3.8) is 0 Å². The molecule has 0 spiro atoms. The van der Waals surface area contributed by atoms with Crippen molar-refractivity contribution in [2.75, 3.05) is 6.61 Å². The molecule has 0 saturated heterocycles. The molecule has 0 aromatic heterocycles. The molecular formula is C13H17ClO. The maximum atomic E-state index is 9.34. The Kier molecular flexibility index (Phi) is 2.78. The summed E-state index contributed by atoms with van der Waals surface area (Å²) in [7, 11) is 0. The fraction of sp³-hybridized carbons (Fsp3) is 0.538. The maximum absolute atomic E-state index is 9.34. The average molecular weight is 225 g/mol. The molecule has 15 heavy (non-hydrogen) atoms. The van der Waals surface area contributed by atoms with Crippen molar-refractivity contribution in [1.29, 1.82) is 0 Å². The summed E-state index contributed by atoms with van der Waals surface area (Å²) >= 11 is 6.23. The van der Waals surface area contributed by atoms with E-state index in [1.807, 2.05) is 6.07 Å². The van der Waals surface area contributed by atoms with Crippen LogP contribution in [0, 0.1) is 0 Å². The first-order chi connectivity index (χ1) is 7.09.